The number of thioether (sulfide) groups is 1. The van der Waals surface area contributed by atoms with Crippen LogP contribution >= 0.6 is 11.8 Å². The molecule has 5 rings (SSSR count). The van der Waals surface area contributed by atoms with Gasteiger partial charge in [0.15, 0.2) is 6.61 Å². The van der Waals surface area contributed by atoms with Gasteiger partial charge in [-0.2, -0.15) is 4.98 Å². The molecule has 2 aromatic heterocycles. The molecule has 0 atom stereocenters. The van der Waals surface area contributed by atoms with Gasteiger partial charge in [0.25, 0.3) is 17.6 Å². The number of hydrogen-bond donors (Lipinski definition) is 1. The van der Waals surface area contributed by atoms with Gasteiger partial charge >= 0.3 is 5.97 Å². The minimum absolute atomic E-state index is 0.0510. The van der Waals surface area contributed by atoms with Crippen LogP contribution in [0.2, 0.25) is 0 Å². The predicted octanol–water partition coefficient (Wildman–Crippen LogP) is 2.85. The molecule has 182 valence electrons. The number of para-hydroxylation sites is 2. The van der Waals surface area contributed by atoms with Gasteiger partial charge < -0.3 is 10.1 Å². The van der Waals surface area contributed by atoms with Gasteiger partial charge in [-0.1, -0.05) is 36.7 Å². The highest BCUT2D eigenvalue weighted by molar-refractivity contribution is 7.98. The summed E-state index contributed by atoms with van der Waals surface area (Å²) in [6.45, 7) is 3.21. The van der Waals surface area contributed by atoms with Crippen molar-refractivity contribution in [3.8, 4) is 0 Å². The van der Waals surface area contributed by atoms with E-state index in [4.69, 9.17) is 4.74 Å². The number of carbonyl (C=O) groups is 3. The summed E-state index contributed by atoms with van der Waals surface area (Å²) in [6.07, 6.45) is 4.69. The maximum atomic E-state index is 13.4. The number of carbonyl (C=O) groups excluding carboxylic acids is 3. The van der Waals surface area contributed by atoms with Crippen LogP contribution in [0, 0.1) is 13.8 Å². The summed E-state index contributed by atoms with van der Waals surface area (Å²) in [5.41, 5.74) is 2.36. The quantitative estimate of drug-likeness (QED) is 0.425. The molecule has 0 radical (unpaired) electrons. The third-order valence-corrected chi connectivity index (χ3v) is 7.35. The van der Waals surface area contributed by atoms with E-state index in [1.165, 1.54) is 11.8 Å². The molecule has 11 heteroatoms. The molecular formula is C24H26N6O4S. The van der Waals surface area contributed by atoms with Crippen LogP contribution in [-0.2, 0) is 25.5 Å². The Balaban J connectivity index is 1.35. The minimum Gasteiger partial charge on any atom is -0.455 e. The molecule has 1 saturated carbocycles. The van der Waals surface area contributed by atoms with E-state index in [0.29, 0.717) is 46.4 Å². The predicted molar refractivity (Wildman–Crippen MR) is 130 cm³/mol. The number of ether oxygens (including phenoxy) is 1. The molecule has 10 nitrogen and oxygen atoms in total. The molecular weight excluding hydrogens is 468 g/mol. The largest absolute Gasteiger partial charge is 0.455 e. The van der Waals surface area contributed by atoms with Crippen LogP contribution in [-0.4, -0.2) is 55.8 Å². The number of nitrogens with one attached hydrogen (secondary N) is 1. The average molecular weight is 495 g/mol. The van der Waals surface area contributed by atoms with Crippen LogP contribution < -0.4 is 10.2 Å². The molecule has 1 aliphatic carbocycles. The van der Waals surface area contributed by atoms with Crippen molar-refractivity contribution in [3.05, 3.63) is 41.2 Å². The molecule has 3 heterocycles. The number of aryl methyl sites for hydroxylation is 2. The fourth-order valence-electron chi connectivity index (χ4n) is 5.06. The molecule has 1 aliphatic heterocycles. The van der Waals surface area contributed by atoms with Crippen molar-refractivity contribution >= 4 is 46.7 Å². The standard InChI is InChI=1S/C24H26N6O4S/c1-14-16(15(2)30-22(25-14)27-23(28-30)35-3)12-20(32)34-13-19(31)29-18-9-5-4-8-17(18)26-21(33)24(29)10-6-7-11-24/h4-5,8-9H,6-7,10-13H2,1-3H3,(H,26,33). The summed E-state index contributed by atoms with van der Waals surface area (Å²) < 4.78 is 7.03. The van der Waals surface area contributed by atoms with Gasteiger partial charge in [0.05, 0.1) is 17.8 Å². The van der Waals surface area contributed by atoms with Crippen LogP contribution in [0.25, 0.3) is 5.78 Å². The smallest absolute Gasteiger partial charge is 0.310 e. The molecule has 1 N–H and O–H groups in total. The monoisotopic (exact) mass is 494 g/mol. The van der Waals surface area contributed by atoms with Gasteiger partial charge in [0.1, 0.15) is 5.54 Å². The first kappa shape index (κ1) is 23.3. The Labute approximate surface area is 206 Å². The Hall–Kier alpha value is -3.47. The highest BCUT2D eigenvalue weighted by Crippen LogP contribution is 2.45. The number of amides is 2. The van der Waals surface area contributed by atoms with Crippen molar-refractivity contribution in [2.24, 2.45) is 0 Å². The average Bonchev–Trinajstić information content (AvgIpc) is 3.49. The van der Waals surface area contributed by atoms with Crippen molar-refractivity contribution in [1.82, 2.24) is 19.6 Å². The Kier molecular flexibility index (Phi) is 5.96. The molecule has 35 heavy (non-hydrogen) atoms. The van der Waals surface area contributed by atoms with Crippen molar-refractivity contribution in [1.29, 1.82) is 0 Å². The van der Waals surface area contributed by atoms with Gasteiger partial charge in [-0.25, -0.2) is 9.50 Å². The van der Waals surface area contributed by atoms with Crippen LogP contribution in [0.1, 0.15) is 42.6 Å². The highest BCUT2D eigenvalue weighted by Gasteiger charge is 2.52. The van der Waals surface area contributed by atoms with Crippen LogP contribution in [0.4, 0.5) is 11.4 Å². The number of rotatable bonds is 5. The molecule has 1 fully saturated rings. The number of fused-ring (bicyclic) bond motifs is 2. The maximum Gasteiger partial charge on any atom is 0.310 e. The Morgan fingerprint density at radius 2 is 1.91 bits per heavy atom. The van der Waals surface area contributed by atoms with E-state index in [1.807, 2.05) is 25.3 Å². The second-order valence-corrected chi connectivity index (χ2v) is 9.62. The van der Waals surface area contributed by atoms with E-state index in [2.05, 4.69) is 20.4 Å². The third kappa shape index (κ3) is 3.93. The molecule has 0 unspecified atom stereocenters. The summed E-state index contributed by atoms with van der Waals surface area (Å²) in [5, 5.41) is 7.94. The molecule has 1 spiro atoms. The van der Waals surface area contributed by atoms with Crippen LogP contribution in [0.5, 0.6) is 0 Å². The van der Waals surface area contributed by atoms with E-state index in [-0.39, 0.29) is 12.3 Å². The van der Waals surface area contributed by atoms with E-state index < -0.39 is 24.0 Å². The first-order chi connectivity index (χ1) is 16.8. The van der Waals surface area contributed by atoms with Crippen molar-refractivity contribution in [2.75, 3.05) is 23.1 Å². The van der Waals surface area contributed by atoms with E-state index in [0.717, 1.165) is 18.5 Å². The lowest BCUT2D eigenvalue weighted by Gasteiger charge is -2.44. The fourth-order valence-corrected chi connectivity index (χ4v) is 5.40. The van der Waals surface area contributed by atoms with Crippen molar-refractivity contribution < 1.29 is 19.1 Å². The van der Waals surface area contributed by atoms with Gasteiger partial charge in [-0.05, 0) is 45.1 Å². The SMILES string of the molecule is CSc1nc2nc(C)c(CC(=O)OCC(=O)N3c4ccccc4NC(=O)C34CCCC4)c(C)n2n1. The number of esters is 1. The summed E-state index contributed by atoms with van der Waals surface area (Å²) in [5.74, 6) is -0.673. The third-order valence-electron chi connectivity index (χ3n) is 6.81. The summed E-state index contributed by atoms with van der Waals surface area (Å²) in [4.78, 5) is 49.6. The van der Waals surface area contributed by atoms with E-state index >= 15 is 0 Å². The topological polar surface area (TPSA) is 119 Å². The molecule has 0 bridgehead atoms. The summed E-state index contributed by atoms with van der Waals surface area (Å²) in [6, 6.07) is 7.21. The van der Waals surface area contributed by atoms with Crippen molar-refractivity contribution in [3.63, 3.8) is 0 Å². The summed E-state index contributed by atoms with van der Waals surface area (Å²) in [7, 11) is 0. The first-order valence-corrected chi connectivity index (χ1v) is 12.7. The normalized spacial score (nSPS) is 16.4. The highest BCUT2D eigenvalue weighted by atomic mass is 32.2. The maximum absolute atomic E-state index is 13.4. The van der Waals surface area contributed by atoms with Gasteiger partial charge in [0, 0.05) is 17.0 Å². The lowest BCUT2D eigenvalue weighted by Crippen LogP contribution is -2.61. The number of hydrogen-bond acceptors (Lipinski definition) is 8. The van der Waals surface area contributed by atoms with Gasteiger partial charge in [0.2, 0.25) is 5.16 Å². The van der Waals surface area contributed by atoms with Crippen LogP contribution in [0.3, 0.4) is 0 Å². The number of anilines is 2. The Bertz CT molecular complexity index is 1350. The first-order valence-electron chi connectivity index (χ1n) is 11.5. The minimum atomic E-state index is -0.942. The van der Waals surface area contributed by atoms with Gasteiger partial charge in [-0.3, -0.25) is 19.3 Å². The molecule has 1 aromatic carbocycles. The number of aromatic nitrogens is 4. The zero-order valence-corrected chi connectivity index (χ0v) is 20.6. The van der Waals surface area contributed by atoms with E-state index in [1.54, 1.807) is 28.5 Å². The van der Waals surface area contributed by atoms with Crippen molar-refractivity contribution in [2.45, 2.75) is 56.6 Å². The van der Waals surface area contributed by atoms with Crippen LogP contribution in [0.15, 0.2) is 29.4 Å². The number of benzene rings is 1. The fraction of sp³-hybridized carbons (Fsp3) is 0.417. The second-order valence-electron chi connectivity index (χ2n) is 8.85. The molecule has 3 aromatic rings. The lowest BCUT2D eigenvalue weighted by molar-refractivity contribution is -0.147. The lowest BCUT2D eigenvalue weighted by atomic mass is 9.90. The molecule has 2 amide bonds. The van der Waals surface area contributed by atoms with E-state index in [9.17, 15) is 14.4 Å². The second kappa shape index (κ2) is 8.95. The molecule has 2 aliphatic rings. The Morgan fingerprint density at radius 3 is 2.66 bits per heavy atom. The zero-order chi connectivity index (χ0) is 24.7. The zero-order valence-electron chi connectivity index (χ0n) is 19.8. The molecule has 0 saturated heterocycles. The summed E-state index contributed by atoms with van der Waals surface area (Å²) >= 11 is 1.41. The Morgan fingerprint density at radius 1 is 1.17 bits per heavy atom. The van der Waals surface area contributed by atoms with Gasteiger partial charge in [-0.15, -0.1) is 5.10 Å². The number of nitrogens with zero attached hydrogens (tertiary/aromatic N) is 5.